The van der Waals surface area contributed by atoms with Crippen molar-refractivity contribution in [3.63, 3.8) is 0 Å². The molecule has 0 aromatic heterocycles. The summed E-state index contributed by atoms with van der Waals surface area (Å²) >= 11 is 0. The lowest BCUT2D eigenvalue weighted by Crippen LogP contribution is -2.47. The minimum atomic E-state index is -5.19. The predicted octanol–water partition coefficient (Wildman–Crippen LogP) is 1.67. The van der Waals surface area contributed by atoms with E-state index in [4.69, 9.17) is 10.5 Å². The predicted molar refractivity (Wildman–Crippen MR) is 56.1 cm³/mol. The highest BCUT2D eigenvalue weighted by Gasteiger charge is 2.45. The molecule has 0 aliphatic carbocycles. The number of alkyl halides is 3. The highest BCUT2D eigenvalue weighted by Crippen LogP contribution is 2.25. The van der Waals surface area contributed by atoms with E-state index in [9.17, 15) is 22.8 Å². The minimum absolute atomic E-state index is 0.153. The Labute approximate surface area is 99.9 Å². The zero-order valence-corrected chi connectivity index (χ0v) is 9.19. The molecule has 0 radical (unpaired) electrons. The van der Waals surface area contributed by atoms with Crippen molar-refractivity contribution in [2.24, 2.45) is 5.73 Å². The molecule has 0 aliphatic rings. The fourth-order valence-corrected chi connectivity index (χ4v) is 1.20. The Bertz CT molecular complexity index is 456. The van der Waals surface area contributed by atoms with Crippen molar-refractivity contribution in [3.05, 3.63) is 24.3 Å². The SMILES string of the molecule is COc1ccc(N(C(N)=O)C(=O)C(F)(F)F)cc1. The number of nitrogens with two attached hydrogens (primary N) is 1. The Morgan fingerprint density at radius 1 is 1.22 bits per heavy atom. The lowest BCUT2D eigenvalue weighted by molar-refractivity contribution is -0.169. The van der Waals surface area contributed by atoms with Gasteiger partial charge in [-0.1, -0.05) is 0 Å². The van der Waals surface area contributed by atoms with Crippen LogP contribution in [0, 0.1) is 0 Å². The number of benzene rings is 1. The third-order valence-electron chi connectivity index (χ3n) is 2.00. The van der Waals surface area contributed by atoms with Crippen molar-refractivity contribution in [3.8, 4) is 5.75 Å². The molecular weight excluding hydrogens is 253 g/mol. The maximum Gasteiger partial charge on any atom is 0.472 e. The lowest BCUT2D eigenvalue weighted by Gasteiger charge is -2.19. The van der Waals surface area contributed by atoms with Crippen molar-refractivity contribution in [1.82, 2.24) is 0 Å². The van der Waals surface area contributed by atoms with Gasteiger partial charge in [-0.25, -0.2) is 9.69 Å². The molecule has 0 spiro atoms. The molecule has 0 unspecified atom stereocenters. The molecular formula is C10H9F3N2O3. The van der Waals surface area contributed by atoms with Gasteiger partial charge < -0.3 is 10.5 Å². The van der Waals surface area contributed by atoms with E-state index in [1.807, 2.05) is 0 Å². The topological polar surface area (TPSA) is 72.6 Å². The molecule has 0 saturated carbocycles. The molecule has 98 valence electrons. The number of ether oxygens (including phenoxy) is 1. The van der Waals surface area contributed by atoms with Gasteiger partial charge in [0.1, 0.15) is 5.75 Å². The first kappa shape index (κ1) is 13.8. The van der Waals surface area contributed by atoms with Crippen LogP contribution >= 0.6 is 0 Å². The molecule has 0 aliphatic heterocycles. The highest BCUT2D eigenvalue weighted by molar-refractivity contribution is 6.15. The number of carbonyl (C=O) groups is 2. The third-order valence-corrected chi connectivity index (χ3v) is 2.00. The lowest BCUT2D eigenvalue weighted by atomic mass is 10.2. The number of nitrogens with zero attached hydrogens (tertiary/aromatic N) is 1. The number of hydrogen-bond donors (Lipinski definition) is 1. The molecule has 0 bridgehead atoms. The average molecular weight is 262 g/mol. The van der Waals surface area contributed by atoms with Crippen LogP contribution in [0.1, 0.15) is 0 Å². The molecule has 1 aromatic rings. The van der Waals surface area contributed by atoms with Crippen LogP contribution in [-0.4, -0.2) is 25.2 Å². The van der Waals surface area contributed by atoms with E-state index in [1.165, 1.54) is 19.2 Å². The second-order valence-electron chi connectivity index (χ2n) is 3.17. The van der Waals surface area contributed by atoms with Crippen LogP contribution in [0.5, 0.6) is 5.75 Å². The van der Waals surface area contributed by atoms with Crippen molar-refractivity contribution in [1.29, 1.82) is 0 Å². The molecule has 18 heavy (non-hydrogen) atoms. The first-order chi connectivity index (χ1) is 8.27. The largest absolute Gasteiger partial charge is 0.497 e. The number of halogens is 3. The molecule has 1 rings (SSSR count). The summed E-state index contributed by atoms with van der Waals surface area (Å²) in [5.74, 6) is -1.98. The zero-order valence-electron chi connectivity index (χ0n) is 9.19. The number of rotatable bonds is 2. The summed E-state index contributed by atoms with van der Waals surface area (Å²) < 4.78 is 41.6. The zero-order chi connectivity index (χ0) is 13.9. The number of methoxy groups -OCH3 is 1. The van der Waals surface area contributed by atoms with E-state index >= 15 is 0 Å². The quantitative estimate of drug-likeness (QED) is 0.881. The van der Waals surface area contributed by atoms with Gasteiger partial charge in [-0.2, -0.15) is 13.2 Å². The minimum Gasteiger partial charge on any atom is -0.497 e. The second-order valence-corrected chi connectivity index (χ2v) is 3.17. The van der Waals surface area contributed by atoms with Gasteiger partial charge in [0.15, 0.2) is 0 Å². The summed E-state index contributed by atoms with van der Waals surface area (Å²) in [6.07, 6.45) is -5.19. The van der Waals surface area contributed by atoms with Crippen molar-refractivity contribution < 1.29 is 27.5 Å². The Balaban J connectivity index is 3.13. The summed E-state index contributed by atoms with van der Waals surface area (Å²) in [6.45, 7) is 0. The van der Waals surface area contributed by atoms with Crippen LogP contribution in [0.15, 0.2) is 24.3 Å². The molecule has 5 nitrogen and oxygen atoms in total. The summed E-state index contributed by atoms with van der Waals surface area (Å²) in [5.41, 5.74) is 4.49. The first-order valence-corrected chi connectivity index (χ1v) is 4.62. The number of carbonyl (C=O) groups excluding carboxylic acids is 2. The van der Waals surface area contributed by atoms with Crippen LogP contribution in [-0.2, 0) is 4.79 Å². The molecule has 0 saturated heterocycles. The smallest absolute Gasteiger partial charge is 0.472 e. The Kier molecular flexibility index (Phi) is 3.79. The van der Waals surface area contributed by atoms with E-state index < -0.39 is 18.1 Å². The van der Waals surface area contributed by atoms with Crippen molar-refractivity contribution in [2.75, 3.05) is 12.0 Å². The highest BCUT2D eigenvalue weighted by atomic mass is 19.4. The van der Waals surface area contributed by atoms with E-state index in [2.05, 4.69) is 0 Å². The Morgan fingerprint density at radius 2 is 1.72 bits per heavy atom. The molecule has 0 atom stereocenters. The molecule has 1 aromatic carbocycles. The van der Waals surface area contributed by atoms with Gasteiger partial charge in [-0.15, -0.1) is 0 Å². The standard InChI is InChI=1S/C10H9F3N2O3/c1-18-7-4-2-6(3-5-7)15(9(14)17)8(16)10(11,12)13/h2-5H,1H3,(H2,14,17). The molecule has 3 amide bonds. The number of imide groups is 1. The summed E-state index contributed by atoms with van der Waals surface area (Å²) in [6, 6.07) is 3.33. The molecule has 0 heterocycles. The Hall–Kier alpha value is -2.25. The van der Waals surface area contributed by atoms with Crippen molar-refractivity contribution in [2.45, 2.75) is 6.18 Å². The monoisotopic (exact) mass is 262 g/mol. The van der Waals surface area contributed by atoms with Crippen LogP contribution in [0.25, 0.3) is 0 Å². The molecule has 2 N–H and O–H groups in total. The second kappa shape index (κ2) is 4.94. The van der Waals surface area contributed by atoms with Gasteiger partial charge >= 0.3 is 18.1 Å². The molecule has 8 heteroatoms. The maximum absolute atomic E-state index is 12.3. The Morgan fingerprint density at radius 3 is 2.06 bits per heavy atom. The summed E-state index contributed by atoms with van der Waals surface area (Å²) in [5, 5.41) is 0. The van der Waals surface area contributed by atoms with Crippen LogP contribution < -0.4 is 15.4 Å². The van der Waals surface area contributed by atoms with E-state index in [0.29, 0.717) is 5.75 Å². The number of anilines is 1. The molecule has 0 fully saturated rings. The number of amides is 3. The van der Waals surface area contributed by atoms with Gasteiger partial charge in [-0.05, 0) is 24.3 Å². The van der Waals surface area contributed by atoms with Gasteiger partial charge in [0.05, 0.1) is 12.8 Å². The maximum atomic E-state index is 12.3. The number of urea groups is 1. The van der Waals surface area contributed by atoms with Gasteiger partial charge in [-0.3, -0.25) is 4.79 Å². The van der Waals surface area contributed by atoms with Crippen LogP contribution in [0.2, 0.25) is 0 Å². The van der Waals surface area contributed by atoms with Crippen LogP contribution in [0.3, 0.4) is 0 Å². The van der Waals surface area contributed by atoms with E-state index in [1.54, 1.807) is 0 Å². The van der Waals surface area contributed by atoms with Gasteiger partial charge in [0.25, 0.3) is 0 Å². The number of primary amides is 1. The summed E-state index contributed by atoms with van der Waals surface area (Å²) in [7, 11) is 1.36. The van der Waals surface area contributed by atoms with Crippen LogP contribution in [0.4, 0.5) is 23.7 Å². The third kappa shape index (κ3) is 2.90. The average Bonchev–Trinajstić information content (AvgIpc) is 2.28. The van der Waals surface area contributed by atoms with Gasteiger partial charge in [0, 0.05) is 0 Å². The summed E-state index contributed by atoms with van der Waals surface area (Å²) in [4.78, 5) is 21.8. The van der Waals surface area contributed by atoms with E-state index in [0.717, 1.165) is 12.1 Å². The van der Waals surface area contributed by atoms with Crippen molar-refractivity contribution >= 4 is 17.6 Å². The first-order valence-electron chi connectivity index (χ1n) is 4.62. The fraction of sp³-hybridized carbons (Fsp3) is 0.200. The van der Waals surface area contributed by atoms with E-state index in [-0.39, 0.29) is 10.6 Å². The van der Waals surface area contributed by atoms with Gasteiger partial charge in [0.2, 0.25) is 0 Å². The number of hydrogen-bond acceptors (Lipinski definition) is 3. The normalized spacial score (nSPS) is 10.9. The fourth-order valence-electron chi connectivity index (χ4n) is 1.20.